The Hall–Kier alpha value is -1.78. The first-order valence-corrected chi connectivity index (χ1v) is 6.15. The van der Waals surface area contributed by atoms with Crippen molar-refractivity contribution in [3.05, 3.63) is 24.2 Å². The molecule has 1 aromatic heterocycles. The third-order valence-electron chi connectivity index (χ3n) is 3.56. The lowest BCUT2D eigenvalue weighted by Crippen LogP contribution is -2.36. The maximum absolute atomic E-state index is 12.1. The van der Waals surface area contributed by atoms with Crippen LogP contribution < -0.4 is 0 Å². The van der Waals surface area contributed by atoms with E-state index in [1.807, 2.05) is 6.92 Å². The fourth-order valence-corrected chi connectivity index (χ4v) is 2.57. The number of carboxylic acids is 1. The number of carbonyl (C=O) groups excluding carboxylic acids is 1. The van der Waals surface area contributed by atoms with E-state index in [0.29, 0.717) is 19.4 Å². The summed E-state index contributed by atoms with van der Waals surface area (Å²) in [6.07, 6.45) is 3.36. The van der Waals surface area contributed by atoms with E-state index in [2.05, 4.69) is 0 Å². The summed E-state index contributed by atoms with van der Waals surface area (Å²) in [6, 6.07) is 3.25. The molecular weight excluding hydrogens is 234 g/mol. The van der Waals surface area contributed by atoms with Crippen LogP contribution >= 0.6 is 0 Å². The molecule has 1 fully saturated rings. The number of aliphatic carboxylic acids is 1. The van der Waals surface area contributed by atoms with E-state index in [1.54, 1.807) is 17.0 Å². The monoisotopic (exact) mass is 251 g/mol. The van der Waals surface area contributed by atoms with Crippen LogP contribution in [0, 0.1) is 5.41 Å². The summed E-state index contributed by atoms with van der Waals surface area (Å²) in [5, 5.41) is 9.36. The van der Waals surface area contributed by atoms with Crippen molar-refractivity contribution in [2.45, 2.75) is 26.2 Å². The minimum atomic E-state index is -0.806. The molecule has 2 rings (SSSR count). The first-order chi connectivity index (χ1) is 8.59. The van der Waals surface area contributed by atoms with Gasteiger partial charge >= 0.3 is 5.97 Å². The maximum Gasteiger partial charge on any atom is 0.311 e. The van der Waals surface area contributed by atoms with Crippen LogP contribution in [-0.2, 0) is 4.79 Å². The molecule has 1 saturated heterocycles. The number of carbonyl (C=O) groups is 2. The smallest absolute Gasteiger partial charge is 0.311 e. The Morgan fingerprint density at radius 3 is 2.89 bits per heavy atom. The zero-order valence-corrected chi connectivity index (χ0v) is 10.4. The van der Waals surface area contributed by atoms with Gasteiger partial charge < -0.3 is 14.4 Å². The van der Waals surface area contributed by atoms with Gasteiger partial charge in [-0.15, -0.1) is 0 Å². The lowest BCUT2D eigenvalue weighted by molar-refractivity contribution is -0.148. The third-order valence-corrected chi connectivity index (χ3v) is 3.56. The van der Waals surface area contributed by atoms with E-state index in [1.165, 1.54) is 6.26 Å². The lowest BCUT2D eigenvalue weighted by atomic mass is 9.83. The Morgan fingerprint density at radius 1 is 1.56 bits per heavy atom. The van der Waals surface area contributed by atoms with Crippen LogP contribution in [0.5, 0.6) is 0 Å². The van der Waals surface area contributed by atoms with Gasteiger partial charge in [0.25, 0.3) is 5.91 Å². The van der Waals surface area contributed by atoms with Gasteiger partial charge in [0, 0.05) is 13.1 Å². The minimum Gasteiger partial charge on any atom is -0.481 e. The van der Waals surface area contributed by atoms with Crippen molar-refractivity contribution >= 4 is 11.9 Å². The van der Waals surface area contributed by atoms with E-state index in [9.17, 15) is 14.7 Å². The molecule has 0 saturated carbocycles. The summed E-state index contributed by atoms with van der Waals surface area (Å²) in [4.78, 5) is 25.0. The Bertz CT molecular complexity index is 440. The van der Waals surface area contributed by atoms with E-state index < -0.39 is 11.4 Å². The lowest BCUT2D eigenvalue weighted by Gasteiger charge is -2.23. The van der Waals surface area contributed by atoms with Gasteiger partial charge in [-0.3, -0.25) is 9.59 Å². The SMILES string of the molecule is CCCC1(C(=O)O)CCN(C(=O)c2ccco2)C1. The second-order valence-corrected chi connectivity index (χ2v) is 4.79. The number of amides is 1. The normalized spacial score (nSPS) is 23.3. The molecule has 0 bridgehead atoms. The van der Waals surface area contributed by atoms with E-state index in [4.69, 9.17) is 4.42 Å². The molecule has 5 heteroatoms. The van der Waals surface area contributed by atoms with Crippen LogP contribution in [-0.4, -0.2) is 35.0 Å². The van der Waals surface area contributed by atoms with Crippen LogP contribution in [0.15, 0.2) is 22.8 Å². The van der Waals surface area contributed by atoms with Gasteiger partial charge in [0.2, 0.25) is 0 Å². The Balaban J connectivity index is 2.11. The Morgan fingerprint density at radius 2 is 2.33 bits per heavy atom. The zero-order chi connectivity index (χ0) is 13.2. The van der Waals surface area contributed by atoms with Crippen molar-refractivity contribution in [2.75, 3.05) is 13.1 Å². The first-order valence-electron chi connectivity index (χ1n) is 6.15. The molecule has 0 spiro atoms. The molecule has 2 heterocycles. The van der Waals surface area contributed by atoms with Crippen molar-refractivity contribution in [1.29, 1.82) is 0 Å². The van der Waals surface area contributed by atoms with Gasteiger partial charge in [-0.25, -0.2) is 0 Å². The van der Waals surface area contributed by atoms with Gasteiger partial charge in [-0.1, -0.05) is 13.3 Å². The number of nitrogens with zero attached hydrogens (tertiary/aromatic N) is 1. The average molecular weight is 251 g/mol. The molecule has 98 valence electrons. The van der Waals surface area contributed by atoms with E-state index in [-0.39, 0.29) is 18.2 Å². The van der Waals surface area contributed by atoms with Gasteiger partial charge in [0.05, 0.1) is 11.7 Å². The van der Waals surface area contributed by atoms with Crippen LogP contribution in [0.4, 0.5) is 0 Å². The molecule has 1 N–H and O–H groups in total. The molecular formula is C13H17NO4. The molecule has 0 radical (unpaired) electrons. The number of furan rings is 1. The highest BCUT2D eigenvalue weighted by molar-refractivity contribution is 5.92. The summed E-state index contributed by atoms with van der Waals surface area (Å²) in [5.41, 5.74) is -0.781. The molecule has 0 aliphatic carbocycles. The number of hydrogen-bond donors (Lipinski definition) is 1. The molecule has 0 aromatic carbocycles. The molecule has 1 amide bonds. The van der Waals surface area contributed by atoms with Crippen LogP contribution in [0.2, 0.25) is 0 Å². The number of rotatable bonds is 4. The van der Waals surface area contributed by atoms with Crippen molar-refractivity contribution < 1.29 is 19.1 Å². The molecule has 1 atom stereocenters. The first kappa shape index (κ1) is 12.7. The van der Waals surface area contributed by atoms with Gasteiger partial charge in [0.1, 0.15) is 0 Å². The highest BCUT2D eigenvalue weighted by atomic mass is 16.4. The van der Waals surface area contributed by atoms with Crippen LogP contribution in [0.25, 0.3) is 0 Å². The number of likely N-dealkylation sites (tertiary alicyclic amines) is 1. The molecule has 18 heavy (non-hydrogen) atoms. The predicted molar refractivity (Wildman–Crippen MR) is 64.2 cm³/mol. The summed E-state index contributed by atoms with van der Waals surface area (Å²) >= 11 is 0. The summed E-state index contributed by atoms with van der Waals surface area (Å²) in [6.45, 7) is 2.71. The van der Waals surface area contributed by atoms with E-state index in [0.717, 1.165) is 6.42 Å². The van der Waals surface area contributed by atoms with Crippen molar-refractivity contribution in [2.24, 2.45) is 5.41 Å². The Labute approximate surface area is 105 Å². The maximum atomic E-state index is 12.1. The minimum absolute atomic E-state index is 0.223. The van der Waals surface area contributed by atoms with Crippen LogP contribution in [0.1, 0.15) is 36.7 Å². The van der Waals surface area contributed by atoms with Gasteiger partial charge in [-0.05, 0) is 25.0 Å². The topological polar surface area (TPSA) is 70.8 Å². The van der Waals surface area contributed by atoms with Crippen molar-refractivity contribution in [3.8, 4) is 0 Å². The molecule has 1 aliphatic heterocycles. The predicted octanol–water partition coefficient (Wildman–Crippen LogP) is 2.00. The summed E-state index contributed by atoms with van der Waals surface area (Å²) in [5.74, 6) is -0.758. The largest absolute Gasteiger partial charge is 0.481 e. The van der Waals surface area contributed by atoms with Crippen molar-refractivity contribution in [1.82, 2.24) is 4.90 Å². The summed E-state index contributed by atoms with van der Waals surface area (Å²) in [7, 11) is 0. The van der Waals surface area contributed by atoms with E-state index >= 15 is 0 Å². The second kappa shape index (κ2) is 4.84. The third kappa shape index (κ3) is 2.12. The van der Waals surface area contributed by atoms with Gasteiger partial charge in [-0.2, -0.15) is 0 Å². The number of hydrogen-bond acceptors (Lipinski definition) is 3. The van der Waals surface area contributed by atoms with Crippen LogP contribution in [0.3, 0.4) is 0 Å². The Kier molecular flexibility index (Phi) is 3.41. The fourth-order valence-electron chi connectivity index (χ4n) is 2.57. The summed E-state index contributed by atoms with van der Waals surface area (Å²) < 4.78 is 5.06. The zero-order valence-electron chi connectivity index (χ0n) is 10.4. The van der Waals surface area contributed by atoms with Crippen molar-refractivity contribution in [3.63, 3.8) is 0 Å². The average Bonchev–Trinajstić information content (AvgIpc) is 2.98. The molecule has 1 aromatic rings. The number of carboxylic acid groups (broad SMARTS) is 1. The quantitative estimate of drug-likeness (QED) is 0.888. The highest BCUT2D eigenvalue weighted by Gasteiger charge is 2.45. The highest BCUT2D eigenvalue weighted by Crippen LogP contribution is 2.36. The van der Waals surface area contributed by atoms with Gasteiger partial charge in [0.15, 0.2) is 5.76 Å². The molecule has 5 nitrogen and oxygen atoms in total. The second-order valence-electron chi connectivity index (χ2n) is 4.79. The molecule has 1 unspecified atom stereocenters. The standard InChI is InChI=1S/C13H17NO4/c1-2-5-13(12(16)17)6-7-14(9-13)11(15)10-4-3-8-18-10/h3-4,8H,2,5-7,9H2,1H3,(H,16,17). The fraction of sp³-hybridized carbons (Fsp3) is 0.538. The molecule has 1 aliphatic rings.